The Morgan fingerprint density at radius 1 is 1.32 bits per heavy atom. The molecule has 1 atom stereocenters. The summed E-state index contributed by atoms with van der Waals surface area (Å²) in [6.45, 7) is 1.84. The van der Waals surface area contributed by atoms with Gasteiger partial charge < -0.3 is 10.1 Å². The molecule has 1 aliphatic carbocycles. The van der Waals surface area contributed by atoms with Gasteiger partial charge in [-0.05, 0) is 37.1 Å². The normalized spacial score (nSPS) is 20.3. The summed E-state index contributed by atoms with van der Waals surface area (Å²) in [4.78, 5) is 19.1. The Bertz CT molecular complexity index is 941. The van der Waals surface area contributed by atoms with Crippen LogP contribution < -0.4 is 0 Å². The van der Waals surface area contributed by atoms with Crippen LogP contribution in [-0.2, 0) is 21.1 Å². The van der Waals surface area contributed by atoms with Crippen molar-refractivity contribution in [1.29, 1.82) is 0 Å². The molecule has 2 N–H and O–H groups in total. The van der Waals surface area contributed by atoms with Crippen molar-refractivity contribution in [3.8, 4) is 0 Å². The third-order valence-electron chi connectivity index (χ3n) is 4.27. The molecule has 0 spiro atoms. The summed E-state index contributed by atoms with van der Waals surface area (Å²) in [6.07, 6.45) is 8.16. The lowest BCUT2D eigenvalue weighted by Crippen LogP contribution is -2.45. The number of H-pyrrole nitrogens is 1. The summed E-state index contributed by atoms with van der Waals surface area (Å²) >= 11 is 0. The fourth-order valence-electron chi connectivity index (χ4n) is 2.87. The van der Waals surface area contributed by atoms with Gasteiger partial charge in [0.1, 0.15) is 5.82 Å². The molecule has 2 aromatic rings. The fraction of sp³-hybridized carbons (Fsp3) is 0.222. The van der Waals surface area contributed by atoms with Gasteiger partial charge in [0.15, 0.2) is 14.6 Å². The van der Waals surface area contributed by atoms with E-state index < -0.39 is 20.6 Å². The van der Waals surface area contributed by atoms with E-state index in [4.69, 9.17) is 0 Å². The molecule has 25 heavy (non-hydrogen) atoms. The number of carboxylic acids is 1. The van der Waals surface area contributed by atoms with Gasteiger partial charge >= 0.3 is 5.97 Å². The fourth-order valence-corrected chi connectivity index (χ4v) is 4.64. The number of hydrogen-bond acceptors (Lipinski definition) is 4. The van der Waals surface area contributed by atoms with E-state index in [0.29, 0.717) is 17.8 Å². The summed E-state index contributed by atoms with van der Waals surface area (Å²) < 4.78 is 24.2. The van der Waals surface area contributed by atoms with Crippen molar-refractivity contribution in [3.05, 3.63) is 71.8 Å². The van der Waals surface area contributed by atoms with Crippen molar-refractivity contribution in [2.24, 2.45) is 0 Å². The number of benzene rings is 1. The molecule has 0 aliphatic heterocycles. The molecule has 1 unspecified atom stereocenters. The summed E-state index contributed by atoms with van der Waals surface area (Å²) in [5.41, 5.74) is 1.50. The smallest absolute Gasteiger partial charge is 0.329 e. The van der Waals surface area contributed by atoms with Gasteiger partial charge in [-0.2, -0.15) is 0 Å². The largest absolute Gasteiger partial charge is 0.480 e. The molecule has 0 saturated heterocycles. The minimum absolute atomic E-state index is 0.00407. The van der Waals surface area contributed by atoms with Gasteiger partial charge in [-0.3, -0.25) is 4.79 Å². The van der Waals surface area contributed by atoms with E-state index >= 15 is 0 Å². The molecule has 1 aliphatic rings. The molecule has 0 saturated carbocycles. The van der Waals surface area contributed by atoms with E-state index in [2.05, 4.69) is 9.97 Å². The first-order valence-corrected chi connectivity index (χ1v) is 9.25. The van der Waals surface area contributed by atoms with Crippen LogP contribution in [0.15, 0.2) is 65.4 Å². The number of imidazole rings is 1. The second kappa shape index (κ2) is 6.33. The van der Waals surface area contributed by atoms with Crippen molar-refractivity contribution in [3.63, 3.8) is 0 Å². The van der Waals surface area contributed by atoms with Crippen molar-refractivity contribution in [2.45, 2.75) is 29.4 Å². The molecular formula is C18H18N2O4S. The summed E-state index contributed by atoms with van der Waals surface area (Å²) in [6, 6.07) is 6.23. The number of allylic oxidation sites excluding steroid dienone is 3. The lowest BCUT2D eigenvalue weighted by atomic mass is 9.93. The van der Waals surface area contributed by atoms with Gasteiger partial charge in [0.25, 0.3) is 0 Å². The molecular weight excluding hydrogens is 340 g/mol. The molecule has 7 heteroatoms. The van der Waals surface area contributed by atoms with Crippen LogP contribution in [0.5, 0.6) is 0 Å². The van der Waals surface area contributed by atoms with Crippen LogP contribution in [-0.4, -0.2) is 34.2 Å². The van der Waals surface area contributed by atoms with Crippen LogP contribution in [0, 0.1) is 6.92 Å². The Labute approximate surface area is 145 Å². The number of aliphatic carboxylic acids is 1. The Kier molecular flexibility index (Phi) is 4.34. The van der Waals surface area contributed by atoms with Gasteiger partial charge in [-0.1, -0.05) is 29.8 Å². The van der Waals surface area contributed by atoms with Gasteiger partial charge in [-0.25, -0.2) is 13.4 Å². The molecule has 130 valence electrons. The van der Waals surface area contributed by atoms with E-state index in [1.165, 1.54) is 18.2 Å². The van der Waals surface area contributed by atoms with Gasteiger partial charge in [0.05, 0.1) is 4.90 Å². The summed E-state index contributed by atoms with van der Waals surface area (Å²) in [5, 5.41) is 9.80. The standard InChI is InChI=1S/C18H18N2O4S/c1-13-4-6-15(7-5-13)25(23,24)18(17(21)22)8-2-3-14(12-18)11-16-19-9-10-20-16/h2-7,9-10,12H,8,11H2,1H3,(H,19,20)(H,21,22). The molecule has 0 amide bonds. The Hall–Kier alpha value is -2.67. The van der Waals surface area contributed by atoms with Gasteiger partial charge in [-0.15, -0.1) is 0 Å². The quantitative estimate of drug-likeness (QED) is 0.855. The molecule has 0 fully saturated rings. The summed E-state index contributed by atoms with van der Waals surface area (Å²) in [7, 11) is -4.11. The number of aromatic nitrogens is 2. The predicted octanol–water partition coefficient (Wildman–Crippen LogP) is 2.44. The van der Waals surface area contributed by atoms with Crippen LogP contribution >= 0.6 is 0 Å². The Balaban J connectivity index is 2.07. The van der Waals surface area contributed by atoms with Crippen LogP contribution in [0.25, 0.3) is 0 Å². The number of carbonyl (C=O) groups is 1. The van der Waals surface area contributed by atoms with E-state index in [-0.39, 0.29) is 11.3 Å². The average Bonchev–Trinajstić information content (AvgIpc) is 3.08. The number of carboxylic acid groups (broad SMARTS) is 1. The molecule has 6 nitrogen and oxygen atoms in total. The van der Waals surface area contributed by atoms with Crippen LogP contribution in [0.2, 0.25) is 0 Å². The van der Waals surface area contributed by atoms with Crippen LogP contribution in [0.1, 0.15) is 17.8 Å². The highest BCUT2D eigenvalue weighted by molar-refractivity contribution is 7.93. The first kappa shape index (κ1) is 17.2. The first-order valence-electron chi connectivity index (χ1n) is 7.76. The minimum Gasteiger partial charge on any atom is -0.480 e. The zero-order valence-corrected chi connectivity index (χ0v) is 14.5. The highest BCUT2D eigenvalue weighted by atomic mass is 32.2. The molecule has 0 bridgehead atoms. The van der Waals surface area contributed by atoms with E-state index in [0.717, 1.165) is 5.56 Å². The number of nitrogens with zero attached hydrogens (tertiary/aromatic N) is 1. The topological polar surface area (TPSA) is 100 Å². The zero-order chi connectivity index (χ0) is 18.1. The lowest BCUT2D eigenvalue weighted by molar-refractivity contribution is -0.138. The SMILES string of the molecule is Cc1ccc(S(=O)(=O)C2(C(=O)O)C=C(Cc3ncc[nH]3)C=CC2)cc1. The van der Waals surface area contributed by atoms with Gasteiger partial charge in [0.2, 0.25) is 0 Å². The van der Waals surface area contributed by atoms with Crippen molar-refractivity contribution < 1.29 is 18.3 Å². The number of aromatic amines is 1. The molecule has 3 rings (SSSR count). The number of sulfone groups is 1. The maximum absolute atomic E-state index is 13.1. The highest BCUT2D eigenvalue weighted by Crippen LogP contribution is 2.35. The minimum atomic E-state index is -4.11. The second-order valence-corrected chi connectivity index (χ2v) is 8.26. The van der Waals surface area contributed by atoms with E-state index in [9.17, 15) is 18.3 Å². The number of hydrogen-bond donors (Lipinski definition) is 2. The third-order valence-corrected chi connectivity index (χ3v) is 6.58. The first-order chi connectivity index (χ1) is 11.8. The molecule has 1 aromatic carbocycles. The molecule has 1 aromatic heterocycles. The van der Waals surface area contributed by atoms with E-state index in [1.54, 1.807) is 36.7 Å². The summed E-state index contributed by atoms with van der Waals surface area (Å²) in [5.74, 6) is -0.737. The number of rotatable bonds is 5. The monoisotopic (exact) mass is 358 g/mol. The number of aryl methyl sites for hydroxylation is 1. The van der Waals surface area contributed by atoms with Crippen LogP contribution in [0.4, 0.5) is 0 Å². The van der Waals surface area contributed by atoms with Crippen molar-refractivity contribution in [1.82, 2.24) is 9.97 Å². The van der Waals surface area contributed by atoms with Gasteiger partial charge in [0, 0.05) is 18.8 Å². The third kappa shape index (κ3) is 3.02. The predicted molar refractivity (Wildman–Crippen MR) is 92.9 cm³/mol. The maximum Gasteiger partial charge on any atom is 0.329 e. The Morgan fingerprint density at radius 3 is 2.64 bits per heavy atom. The molecule has 0 radical (unpaired) electrons. The van der Waals surface area contributed by atoms with Crippen molar-refractivity contribution >= 4 is 15.8 Å². The number of nitrogens with one attached hydrogen (secondary N) is 1. The van der Waals surface area contributed by atoms with E-state index in [1.807, 2.05) is 6.92 Å². The maximum atomic E-state index is 13.1. The highest BCUT2D eigenvalue weighted by Gasteiger charge is 2.50. The molecule has 1 heterocycles. The van der Waals surface area contributed by atoms with Crippen LogP contribution in [0.3, 0.4) is 0 Å². The second-order valence-electron chi connectivity index (χ2n) is 6.05. The zero-order valence-electron chi connectivity index (χ0n) is 13.6. The van der Waals surface area contributed by atoms with Crippen molar-refractivity contribution in [2.75, 3.05) is 0 Å². The average molecular weight is 358 g/mol. The Morgan fingerprint density at radius 2 is 2.04 bits per heavy atom. The lowest BCUT2D eigenvalue weighted by Gasteiger charge is -2.28.